The first kappa shape index (κ1) is 30.2. The van der Waals surface area contributed by atoms with Crippen molar-refractivity contribution >= 4 is 45.3 Å². The average Bonchev–Trinajstić information content (AvgIpc) is 3.16. The summed E-state index contributed by atoms with van der Waals surface area (Å²) in [7, 11) is 4.13. The summed E-state index contributed by atoms with van der Waals surface area (Å²) < 4.78 is 6.71. The van der Waals surface area contributed by atoms with Gasteiger partial charge in [-0.25, -0.2) is 9.59 Å². The fourth-order valence-corrected chi connectivity index (χ4v) is 6.62. The van der Waals surface area contributed by atoms with Crippen LogP contribution in [0, 0.1) is 0 Å². The molecule has 0 bridgehead atoms. The van der Waals surface area contributed by atoms with Gasteiger partial charge in [-0.2, -0.15) is 0 Å². The third-order valence-electron chi connectivity index (χ3n) is 8.82. The third kappa shape index (κ3) is 7.00. The van der Waals surface area contributed by atoms with E-state index in [4.69, 9.17) is 10.5 Å². The number of hydrogen-bond acceptors (Lipinski definition) is 6. The highest BCUT2D eigenvalue weighted by Gasteiger charge is 2.35. The second kappa shape index (κ2) is 13.3. The van der Waals surface area contributed by atoms with Gasteiger partial charge in [0.15, 0.2) is 6.10 Å². The minimum Gasteiger partial charge on any atom is -0.436 e. The Bertz CT molecular complexity index is 1290. The number of benzene rings is 2. The highest BCUT2D eigenvalue weighted by atomic mass is 79.9. The fraction of sp³-hybridized carbons (Fsp3) is 0.516. The summed E-state index contributed by atoms with van der Waals surface area (Å²) >= 11 is 3.47. The van der Waals surface area contributed by atoms with Gasteiger partial charge in [0.25, 0.3) is 5.91 Å². The van der Waals surface area contributed by atoms with Crippen LogP contribution in [-0.2, 0) is 22.4 Å². The summed E-state index contributed by atoms with van der Waals surface area (Å²) in [5.74, 6) is -0.163. The van der Waals surface area contributed by atoms with Gasteiger partial charge in [0.1, 0.15) is 0 Å². The number of amides is 4. The molecule has 3 aliphatic rings. The number of carbonyl (C=O) groups excluding carboxylic acids is 3. The molecule has 2 saturated heterocycles. The summed E-state index contributed by atoms with van der Waals surface area (Å²) in [5, 5.41) is 3.04. The summed E-state index contributed by atoms with van der Waals surface area (Å²) in [4.78, 5) is 47.7. The van der Waals surface area contributed by atoms with Crippen LogP contribution in [0.3, 0.4) is 0 Å². The number of halogens is 1. The average molecular weight is 642 g/mol. The minimum atomic E-state index is -0.934. The second-order valence-corrected chi connectivity index (χ2v) is 12.6. The summed E-state index contributed by atoms with van der Waals surface area (Å²) in [6.45, 7) is 2.82. The van der Waals surface area contributed by atoms with Crippen molar-refractivity contribution in [2.24, 2.45) is 0 Å². The van der Waals surface area contributed by atoms with E-state index in [2.05, 4.69) is 40.2 Å². The lowest BCUT2D eigenvalue weighted by atomic mass is 10.0. The molecule has 0 aliphatic carbocycles. The number of nitrogens with zero attached hydrogens (tertiary/aromatic N) is 4. The van der Waals surface area contributed by atoms with Crippen LogP contribution in [0.25, 0.3) is 0 Å². The van der Waals surface area contributed by atoms with Crippen LogP contribution in [0.1, 0.15) is 36.8 Å². The van der Waals surface area contributed by atoms with E-state index in [0.29, 0.717) is 57.3 Å². The van der Waals surface area contributed by atoms with Crippen molar-refractivity contribution in [3.8, 4) is 0 Å². The van der Waals surface area contributed by atoms with Crippen LogP contribution in [0.4, 0.5) is 21.0 Å². The van der Waals surface area contributed by atoms with Crippen molar-refractivity contribution in [2.45, 2.75) is 56.7 Å². The smallest absolute Gasteiger partial charge is 0.410 e. The Morgan fingerprint density at radius 1 is 1.02 bits per heavy atom. The molecule has 0 aromatic heterocycles. The number of nitrogen functional groups attached to an aromatic ring is 1. The number of hydrogen-bond donors (Lipinski definition) is 2. The molecule has 0 radical (unpaired) electrons. The highest BCUT2D eigenvalue weighted by Crippen LogP contribution is 2.26. The molecule has 0 spiro atoms. The number of ether oxygens (including phenoxy) is 1. The second-order valence-electron chi connectivity index (χ2n) is 11.7. The first-order chi connectivity index (χ1) is 20.2. The molecule has 3 heterocycles. The maximum Gasteiger partial charge on any atom is 0.410 e. The Balaban J connectivity index is 1.21. The van der Waals surface area contributed by atoms with Crippen molar-refractivity contribution < 1.29 is 19.1 Å². The van der Waals surface area contributed by atoms with Crippen molar-refractivity contribution in [1.82, 2.24) is 19.6 Å². The van der Waals surface area contributed by atoms with E-state index >= 15 is 0 Å². The van der Waals surface area contributed by atoms with E-state index < -0.39 is 12.2 Å². The Labute approximate surface area is 256 Å². The number of nitrogens with one attached hydrogen (secondary N) is 1. The van der Waals surface area contributed by atoms with Crippen LogP contribution >= 0.6 is 15.9 Å². The van der Waals surface area contributed by atoms with E-state index in [-0.39, 0.29) is 24.4 Å². The number of likely N-dealkylation sites (tertiary alicyclic amines) is 2. The normalized spacial score (nSPS) is 19.2. The van der Waals surface area contributed by atoms with E-state index in [1.165, 1.54) is 0 Å². The van der Waals surface area contributed by atoms with Gasteiger partial charge >= 0.3 is 12.1 Å². The van der Waals surface area contributed by atoms with Gasteiger partial charge in [-0.15, -0.1) is 0 Å². The Hall–Kier alpha value is -3.31. The number of urea groups is 1. The van der Waals surface area contributed by atoms with E-state index in [9.17, 15) is 14.4 Å². The SMILES string of the molecule is CN(C)C1CCN(C(=O)[C@@H](Cc2ccc(N)c(Br)c2)OC(=O)N2CCC(N3CCc4ccccc4NC3=O)CC2)CC1. The summed E-state index contributed by atoms with van der Waals surface area (Å²) in [5.41, 5.74) is 9.42. The van der Waals surface area contributed by atoms with E-state index in [0.717, 1.165) is 40.5 Å². The van der Waals surface area contributed by atoms with Gasteiger partial charge in [0.2, 0.25) is 0 Å². The Morgan fingerprint density at radius 3 is 2.40 bits per heavy atom. The zero-order valence-electron chi connectivity index (χ0n) is 24.4. The maximum atomic E-state index is 13.7. The zero-order chi connectivity index (χ0) is 29.8. The molecule has 5 rings (SSSR count). The molecule has 3 aliphatic heterocycles. The molecule has 0 saturated carbocycles. The number of anilines is 2. The van der Waals surface area contributed by atoms with Crippen molar-refractivity contribution in [1.29, 1.82) is 0 Å². The van der Waals surface area contributed by atoms with Crippen molar-refractivity contribution in [2.75, 3.05) is 57.9 Å². The van der Waals surface area contributed by atoms with Gasteiger partial charge in [-0.05, 0) is 91.5 Å². The molecule has 4 amide bonds. The van der Waals surface area contributed by atoms with Gasteiger partial charge in [0, 0.05) is 67.1 Å². The fourth-order valence-electron chi connectivity index (χ4n) is 6.19. The van der Waals surface area contributed by atoms with E-state index in [1.807, 2.05) is 46.2 Å². The molecular weight excluding hydrogens is 600 g/mol. The number of rotatable bonds is 6. The molecule has 1 atom stereocenters. The molecule has 2 fully saturated rings. The molecule has 226 valence electrons. The summed E-state index contributed by atoms with van der Waals surface area (Å²) in [6.07, 6.45) is 2.70. The van der Waals surface area contributed by atoms with Crippen LogP contribution < -0.4 is 11.1 Å². The van der Waals surface area contributed by atoms with Crippen LogP contribution in [-0.4, -0.2) is 103 Å². The predicted molar refractivity (Wildman–Crippen MR) is 166 cm³/mol. The monoisotopic (exact) mass is 640 g/mol. The van der Waals surface area contributed by atoms with Crippen LogP contribution in [0.2, 0.25) is 0 Å². The largest absolute Gasteiger partial charge is 0.436 e. The third-order valence-corrected chi connectivity index (χ3v) is 9.50. The molecule has 0 unspecified atom stereocenters. The number of piperidine rings is 2. The number of fused-ring (bicyclic) bond motifs is 1. The summed E-state index contributed by atoms with van der Waals surface area (Å²) in [6, 6.07) is 13.8. The standard InChI is InChI=1S/C31H41BrN6O4/c1-35(2)23-10-14-36(15-11-23)29(39)28(20-21-7-8-26(33)25(32)19-21)42-31(41)37-16-12-24(13-17-37)38-18-9-22-5-3-4-6-27(22)34-30(38)40/h3-8,19,23-24,28H,9-18,20,33H2,1-2H3,(H,34,40)/t28-/m1/s1. The molecule has 11 heteroatoms. The van der Waals surface area contributed by atoms with Gasteiger partial charge in [0.05, 0.1) is 0 Å². The van der Waals surface area contributed by atoms with Crippen molar-refractivity contribution in [3.05, 3.63) is 58.1 Å². The lowest BCUT2D eigenvalue weighted by molar-refractivity contribution is -0.142. The van der Waals surface area contributed by atoms with Crippen LogP contribution in [0.15, 0.2) is 46.9 Å². The molecule has 3 N–H and O–H groups in total. The molecule has 10 nitrogen and oxygen atoms in total. The number of nitrogens with two attached hydrogens (primary N) is 1. The van der Waals surface area contributed by atoms with Crippen molar-refractivity contribution in [3.63, 3.8) is 0 Å². The Kier molecular flexibility index (Phi) is 9.57. The van der Waals surface area contributed by atoms with Gasteiger partial charge < -0.3 is 35.4 Å². The van der Waals surface area contributed by atoms with E-state index in [1.54, 1.807) is 11.0 Å². The van der Waals surface area contributed by atoms with Crippen LogP contribution in [0.5, 0.6) is 0 Å². The first-order valence-electron chi connectivity index (χ1n) is 14.8. The lowest BCUT2D eigenvalue weighted by Gasteiger charge is -2.38. The maximum absolute atomic E-state index is 13.7. The molecule has 2 aromatic carbocycles. The van der Waals surface area contributed by atoms with Gasteiger partial charge in [-0.3, -0.25) is 4.79 Å². The molecular formula is C31H41BrN6O4. The zero-order valence-corrected chi connectivity index (χ0v) is 26.0. The topological polar surface area (TPSA) is 111 Å². The predicted octanol–water partition coefficient (Wildman–Crippen LogP) is 4.19. The van der Waals surface area contributed by atoms with Gasteiger partial charge in [-0.1, -0.05) is 24.3 Å². The minimum absolute atomic E-state index is 0.0333. The first-order valence-corrected chi connectivity index (χ1v) is 15.6. The molecule has 2 aromatic rings. The highest BCUT2D eigenvalue weighted by molar-refractivity contribution is 9.10. The lowest BCUT2D eigenvalue weighted by Crippen LogP contribution is -2.52. The quantitative estimate of drug-likeness (QED) is 0.458. The number of carbonyl (C=O) groups is 3. The molecule has 42 heavy (non-hydrogen) atoms. The Morgan fingerprint density at radius 2 is 1.71 bits per heavy atom. The number of para-hydroxylation sites is 1.